The van der Waals surface area contributed by atoms with E-state index in [-0.39, 0.29) is 11.1 Å². The molecular formula is C14H12Cl2N2O. The topological polar surface area (TPSA) is 42.0 Å². The number of aryl methyl sites for hydroxylation is 2. The molecule has 1 aromatic heterocycles. The van der Waals surface area contributed by atoms with E-state index < -0.39 is 0 Å². The largest absolute Gasteiger partial charge is 0.322 e. The monoisotopic (exact) mass is 294 g/mol. The van der Waals surface area contributed by atoms with Crippen molar-refractivity contribution < 1.29 is 4.79 Å². The van der Waals surface area contributed by atoms with Gasteiger partial charge in [0.25, 0.3) is 5.91 Å². The van der Waals surface area contributed by atoms with E-state index in [4.69, 9.17) is 23.2 Å². The van der Waals surface area contributed by atoms with Crippen molar-refractivity contribution in [1.29, 1.82) is 0 Å². The number of halogens is 2. The normalized spacial score (nSPS) is 10.3. The van der Waals surface area contributed by atoms with Crippen molar-refractivity contribution in [3.8, 4) is 0 Å². The summed E-state index contributed by atoms with van der Waals surface area (Å²) in [4.78, 5) is 16.3. The third-order valence-corrected chi connectivity index (χ3v) is 3.16. The zero-order chi connectivity index (χ0) is 14.0. The Balaban J connectivity index is 2.28. The molecule has 19 heavy (non-hydrogen) atoms. The second-order valence-corrected chi connectivity index (χ2v) is 5.00. The van der Waals surface area contributed by atoms with E-state index in [1.807, 2.05) is 19.9 Å². The number of carbonyl (C=O) groups excluding carboxylic acids is 1. The predicted molar refractivity (Wildman–Crippen MR) is 78.1 cm³/mol. The molecule has 0 saturated heterocycles. The molecule has 5 heteroatoms. The molecule has 0 aliphatic heterocycles. The molecular weight excluding hydrogens is 283 g/mol. The third-order valence-electron chi connectivity index (χ3n) is 2.63. The Morgan fingerprint density at radius 1 is 1.16 bits per heavy atom. The van der Waals surface area contributed by atoms with Crippen LogP contribution < -0.4 is 5.32 Å². The molecule has 0 spiro atoms. The number of hydrogen-bond donors (Lipinski definition) is 1. The fraction of sp³-hybridized carbons (Fsp3) is 0.143. The summed E-state index contributed by atoms with van der Waals surface area (Å²) in [5.74, 6) is -0.280. The van der Waals surface area contributed by atoms with Gasteiger partial charge < -0.3 is 5.32 Å². The molecule has 1 N–H and O–H groups in total. The van der Waals surface area contributed by atoms with E-state index in [2.05, 4.69) is 10.3 Å². The molecule has 3 nitrogen and oxygen atoms in total. The number of rotatable bonds is 2. The van der Waals surface area contributed by atoms with Crippen LogP contribution in [-0.2, 0) is 0 Å². The first-order valence-electron chi connectivity index (χ1n) is 5.68. The van der Waals surface area contributed by atoms with E-state index in [0.717, 1.165) is 11.3 Å². The quantitative estimate of drug-likeness (QED) is 0.841. The molecule has 0 unspecified atom stereocenters. The van der Waals surface area contributed by atoms with Gasteiger partial charge in [0.15, 0.2) is 0 Å². The van der Waals surface area contributed by atoms with Gasteiger partial charge in [-0.1, -0.05) is 23.2 Å². The SMILES string of the molecule is Cc1cc(C)c(C(=O)Nc2ccc(Cl)cc2)c(Cl)n1. The van der Waals surface area contributed by atoms with Gasteiger partial charge in [0.2, 0.25) is 0 Å². The second kappa shape index (κ2) is 5.59. The second-order valence-electron chi connectivity index (χ2n) is 4.21. The van der Waals surface area contributed by atoms with Crippen LogP contribution in [0, 0.1) is 13.8 Å². The van der Waals surface area contributed by atoms with Gasteiger partial charge in [0.05, 0.1) is 5.56 Å². The first kappa shape index (κ1) is 13.8. The number of pyridine rings is 1. The average molecular weight is 295 g/mol. The van der Waals surface area contributed by atoms with Crippen LogP contribution in [0.3, 0.4) is 0 Å². The highest BCUT2D eigenvalue weighted by Crippen LogP contribution is 2.21. The zero-order valence-corrected chi connectivity index (χ0v) is 12.0. The zero-order valence-electron chi connectivity index (χ0n) is 10.5. The van der Waals surface area contributed by atoms with Crippen LogP contribution in [0.2, 0.25) is 10.2 Å². The van der Waals surface area contributed by atoms with Crippen molar-refractivity contribution in [3.63, 3.8) is 0 Å². The van der Waals surface area contributed by atoms with Crippen molar-refractivity contribution in [1.82, 2.24) is 4.98 Å². The van der Waals surface area contributed by atoms with Gasteiger partial charge in [-0.2, -0.15) is 0 Å². The van der Waals surface area contributed by atoms with Gasteiger partial charge in [0, 0.05) is 16.4 Å². The lowest BCUT2D eigenvalue weighted by Gasteiger charge is -2.10. The molecule has 1 aromatic carbocycles. The maximum Gasteiger partial charge on any atom is 0.259 e. The maximum absolute atomic E-state index is 12.2. The summed E-state index contributed by atoms with van der Waals surface area (Å²) in [6, 6.07) is 8.69. The van der Waals surface area contributed by atoms with Gasteiger partial charge in [-0.05, 0) is 49.7 Å². The van der Waals surface area contributed by atoms with Crippen LogP contribution in [0.5, 0.6) is 0 Å². The molecule has 1 amide bonds. The molecule has 1 heterocycles. The first-order chi connectivity index (χ1) is 8.97. The van der Waals surface area contributed by atoms with Gasteiger partial charge in [0.1, 0.15) is 5.15 Å². The predicted octanol–water partition coefficient (Wildman–Crippen LogP) is 4.26. The molecule has 0 aliphatic carbocycles. The van der Waals surface area contributed by atoms with E-state index in [1.165, 1.54) is 0 Å². The lowest BCUT2D eigenvalue weighted by molar-refractivity contribution is 0.102. The van der Waals surface area contributed by atoms with Crippen molar-refractivity contribution in [2.24, 2.45) is 0 Å². The van der Waals surface area contributed by atoms with E-state index in [9.17, 15) is 4.79 Å². The summed E-state index contributed by atoms with van der Waals surface area (Å²) < 4.78 is 0. The van der Waals surface area contributed by atoms with Gasteiger partial charge in [-0.25, -0.2) is 4.98 Å². The summed E-state index contributed by atoms with van der Waals surface area (Å²) >= 11 is 11.8. The molecule has 0 fully saturated rings. The summed E-state index contributed by atoms with van der Waals surface area (Å²) in [6.45, 7) is 3.66. The van der Waals surface area contributed by atoms with Crippen molar-refractivity contribution in [2.45, 2.75) is 13.8 Å². The standard InChI is InChI=1S/C14H12Cl2N2O/c1-8-7-9(2)17-13(16)12(8)14(19)18-11-5-3-10(15)4-6-11/h3-7H,1-2H3,(H,18,19). The Kier molecular flexibility index (Phi) is 4.08. The molecule has 0 aliphatic rings. The molecule has 0 saturated carbocycles. The van der Waals surface area contributed by atoms with Gasteiger partial charge in [-0.15, -0.1) is 0 Å². The average Bonchev–Trinajstić information content (AvgIpc) is 2.30. The molecule has 2 aromatic rings. The van der Waals surface area contributed by atoms with Crippen LogP contribution >= 0.6 is 23.2 Å². The Morgan fingerprint density at radius 3 is 2.37 bits per heavy atom. The number of hydrogen-bond acceptors (Lipinski definition) is 2. The number of amides is 1. The molecule has 2 rings (SSSR count). The van der Waals surface area contributed by atoms with Crippen LogP contribution in [0.25, 0.3) is 0 Å². The van der Waals surface area contributed by atoms with Gasteiger partial charge in [-0.3, -0.25) is 4.79 Å². The Labute approximate surface area is 121 Å². The molecule has 98 valence electrons. The Bertz CT molecular complexity index is 601. The summed E-state index contributed by atoms with van der Waals surface area (Å²) in [5.41, 5.74) is 2.63. The van der Waals surface area contributed by atoms with Crippen LogP contribution in [0.15, 0.2) is 30.3 Å². The van der Waals surface area contributed by atoms with E-state index in [1.54, 1.807) is 24.3 Å². The number of carbonyl (C=O) groups is 1. The van der Waals surface area contributed by atoms with Crippen LogP contribution in [0.1, 0.15) is 21.6 Å². The van der Waals surface area contributed by atoms with Crippen molar-refractivity contribution in [2.75, 3.05) is 5.32 Å². The minimum atomic E-state index is -0.280. The Morgan fingerprint density at radius 2 is 1.79 bits per heavy atom. The third kappa shape index (κ3) is 3.25. The fourth-order valence-corrected chi connectivity index (χ4v) is 2.28. The summed E-state index contributed by atoms with van der Waals surface area (Å²) in [7, 11) is 0. The number of anilines is 1. The van der Waals surface area contributed by atoms with E-state index in [0.29, 0.717) is 16.3 Å². The van der Waals surface area contributed by atoms with Crippen LogP contribution in [-0.4, -0.2) is 10.9 Å². The highest BCUT2D eigenvalue weighted by molar-refractivity contribution is 6.33. The number of aromatic nitrogens is 1. The molecule has 0 radical (unpaired) electrons. The number of nitrogens with one attached hydrogen (secondary N) is 1. The smallest absolute Gasteiger partial charge is 0.259 e. The van der Waals surface area contributed by atoms with Crippen LogP contribution in [0.4, 0.5) is 5.69 Å². The molecule has 0 bridgehead atoms. The van der Waals surface area contributed by atoms with Gasteiger partial charge >= 0.3 is 0 Å². The highest BCUT2D eigenvalue weighted by Gasteiger charge is 2.15. The lowest BCUT2D eigenvalue weighted by atomic mass is 10.1. The minimum absolute atomic E-state index is 0.212. The maximum atomic E-state index is 12.2. The number of benzene rings is 1. The highest BCUT2D eigenvalue weighted by atomic mass is 35.5. The summed E-state index contributed by atoms with van der Waals surface area (Å²) in [5, 5.41) is 3.59. The first-order valence-corrected chi connectivity index (χ1v) is 6.43. The van der Waals surface area contributed by atoms with E-state index >= 15 is 0 Å². The van der Waals surface area contributed by atoms with Crippen molar-refractivity contribution in [3.05, 3.63) is 57.3 Å². The Hall–Kier alpha value is -1.58. The minimum Gasteiger partial charge on any atom is -0.322 e. The lowest BCUT2D eigenvalue weighted by Crippen LogP contribution is -2.15. The molecule has 0 atom stereocenters. The van der Waals surface area contributed by atoms with Crippen molar-refractivity contribution >= 4 is 34.8 Å². The fourth-order valence-electron chi connectivity index (χ4n) is 1.79. The number of nitrogens with zero attached hydrogens (tertiary/aromatic N) is 1. The summed E-state index contributed by atoms with van der Waals surface area (Å²) in [6.07, 6.45) is 0.